The molecule has 2 aromatic carbocycles. The minimum absolute atomic E-state index is 0.124. The number of methoxy groups -OCH3 is 1. The number of phenols is 1. The summed E-state index contributed by atoms with van der Waals surface area (Å²) in [4.78, 5) is 12.7. The molecule has 0 unspecified atom stereocenters. The van der Waals surface area contributed by atoms with Gasteiger partial charge >= 0.3 is 0 Å². The van der Waals surface area contributed by atoms with Crippen molar-refractivity contribution in [1.82, 2.24) is 0 Å². The number of phenolic OH excluding ortho intramolecular Hbond substituents is 1. The highest BCUT2D eigenvalue weighted by atomic mass is 32.1. The zero-order valence-electron chi connectivity index (χ0n) is 13.4. The first-order valence-corrected chi connectivity index (χ1v) is 8.59. The van der Waals surface area contributed by atoms with Crippen molar-refractivity contribution in [2.45, 2.75) is 0 Å². The van der Waals surface area contributed by atoms with Crippen LogP contribution in [-0.2, 0) is 0 Å². The summed E-state index contributed by atoms with van der Waals surface area (Å²) in [5, 5.41) is 14.7. The normalized spacial score (nSPS) is 10.9. The van der Waals surface area contributed by atoms with Crippen LogP contribution in [0.15, 0.2) is 68.5 Å². The lowest BCUT2D eigenvalue weighted by atomic mass is 10.0. The van der Waals surface area contributed by atoms with Gasteiger partial charge in [0.05, 0.1) is 12.7 Å². The van der Waals surface area contributed by atoms with E-state index in [1.54, 1.807) is 6.07 Å². The van der Waals surface area contributed by atoms with E-state index in [0.29, 0.717) is 22.7 Å². The van der Waals surface area contributed by atoms with Gasteiger partial charge in [0.15, 0.2) is 5.43 Å². The minimum Gasteiger partial charge on any atom is -0.506 e. The van der Waals surface area contributed by atoms with Crippen molar-refractivity contribution in [3.63, 3.8) is 0 Å². The maximum Gasteiger partial charge on any atom is 0.197 e. The summed E-state index contributed by atoms with van der Waals surface area (Å²) >= 11 is 1.50. The van der Waals surface area contributed by atoms with Gasteiger partial charge in [-0.2, -0.15) is 11.3 Å². The van der Waals surface area contributed by atoms with Crippen LogP contribution < -0.4 is 10.2 Å². The predicted molar refractivity (Wildman–Crippen MR) is 99.4 cm³/mol. The summed E-state index contributed by atoms with van der Waals surface area (Å²) in [5.74, 6) is 0.778. The highest BCUT2D eigenvalue weighted by Gasteiger charge is 2.20. The number of thiophene rings is 1. The molecule has 124 valence electrons. The Morgan fingerprint density at radius 3 is 2.56 bits per heavy atom. The highest BCUT2D eigenvalue weighted by molar-refractivity contribution is 7.08. The van der Waals surface area contributed by atoms with E-state index in [-0.39, 0.29) is 16.6 Å². The summed E-state index contributed by atoms with van der Waals surface area (Å²) < 4.78 is 11.3. The fourth-order valence-corrected chi connectivity index (χ4v) is 3.52. The molecule has 0 bridgehead atoms. The van der Waals surface area contributed by atoms with Crippen LogP contribution in [0, 0.1) is 0 Å². The lowest BCUT2D eigenvalue weighted by Crippen LogP contribution is -2.02. The van der Waals surface area contributed by atoms with E-state index in [1.807, 2.05) is 47.2 Å². The van der Waals surface area contributed by atoms with E-state index in [9.17, 15) is 9.90 Å². The van der Waals surface area contributed by atoms with Gasteiger partial charge in [-0.05, 0) is 22.4 Å². The van der Waals surface area contributed by atoms with E-state index in [2.05, 4.69) is 0 Å². The lowest BCUT2D eigenvalue weighted by Gasteiger charge is -2.12. The van der Waals surface area contributed by atoms with Gasteiger partial charge in [-0.25, -0.2) is 0 Å². The summed E-state index contributed by atoms with van der Waals surface area (Å²) in [6.07, 6.45) is 0. The Hall–Kier alpha value is -3.05. The highest BCUT2D eigenvalue weighted by Crippen LogP contribution is 2.43. The number of aromatic hydroxyl groups is 1. The van der Waals surface area contributed by atoms with E-state index in [0.717, 1.165) is 11.1 Å². The standard InChI is InChI=1S/C20H14O4S/c1-23-16-10-17-19(20(22)18(16)13-7-8-25-11-13)14(21)9-15(24-17)12-5-3-2-4-6-12/h2-11,22H,1H3. The molecule has 4 aromatic rings. The molecule has 25 heavy (non-hydrogen) atoms. The summed E-state index contributed by atoms with van der Waals surface area (Å²) in [5.41, 5.74) is 2.09. The molecule has 0 spiro atoms. The van der Waals surface area contributed by atoms with Crippen LogP contribution in [0.5, 0.6) is 11.5 Å². The molecule has 0 saturated heterocycles. The monoisotopic (exact) mass is 350 g/mol. The fraction of sp³-hybridized carbons (Fsp3) is 0.0500. The Kier molecular flexibility index (Phi) is 3.78. The topological polar surface area (TPSA) is 59.7 Å². The molecule has 0 amide bonds. The third kappa shape index (κ3) is 2.58. The van der Waals surface area contributed by atoms with Crippen molar-refractivity contribution in [2.24, 2.45) is 0 Å². The van der Waals surface area contributed by atoms with Crippen LogP contribution in [0.4, 0.5) is 0 Å². The lowest BCUT2D eigenvalue weighted by molar-refractivity contribution is 0.410. The quantitative estimate of drug-likeness (QED) is 0.571. The maximum atomic E-state index is 12.7. The number of hydrogen-bond donors (Lipinski definition) is 1. The van der Waals surface area contributed by atoms with Crippen molar-refractivity contribution < 1.29 is 14.3 Å². The van der Waals surface area contributed by atoms with Gasteiger partial charge in [0.25, 0.3) is 0 Å². The molecule has 4 nitrogen and oxygen atoms in total. The van der Waals surface area contributed by atoms with Crippen LogP contribution in [0.3, 0.4) is 0 Å². The summed E-state index contributed by atoms with van der Waals surface area (Å²) in [7, 11) is 1.52. The zero-order chi connectivity index (χ0) is 17.4. The number of benzene rings is 2. The average molecular weight is 350 g/mol. The Labute approximate surface area is 147 Å². The molecule has 0 aliphatic carbocycles. The van der Waals surface area contributed by atoms with Crippen molar-refractivity contribution >= 4 is 22.3 Å². The molecule has 5 heteroatoms. The number of fused-ring (bicyclic) bond motifs is 1. The second-order valence-electron chi connectivity index (χ2n) is 5.53. The smallest absolute Gasteiger partial charge is 0.197 e. The van der Waals surface area contributed by atoms with Crippen LogP contribution in [0.25, 0.3) is 33.4 Å². The van der Waals surface area contributed by atoms with Crippen LogP contribution >= 0.6 is 11.3 Å². The molecule has 0 fully saturated rings. The van der Waals surface area contributed by atoms with Crippen LogP contribution in [0.2, 0.25) is 0 Å². The Balaban J connectivity index is 2.03. The number of rotatable bonds is 3. The fourth-order valence-electron chi connectivity index (χ4n) is 2.87. The molecular weight excluding hydrogens is 336 g/mol. The molecular formula is C20H14O4S. The molecule has 0 saturated carbocycles. The van der Waals surface area contributed by atoms with Crippen molar-refractivity contribution in [2.75, 3.05) is 7.11 Å². The molecule has 0 atom stereocenters. The second-order valence-corrected chi connectivity index (χ2v) is 6.31. The molecule has 0 aliphatic rings. The van der Waals surface area contributed by atoms with Gasteiger partial charge in [-0.1, -0.05) is 30.3 Å². The summed E-state index contributed by atoms with van der Waals surface area (Å²) in [6, 6.07) is 14.3. The molecule has 2 aromatic heterocycles. The van der Waals surface area contributed by atoms with Gasteiger partial charge in [-0.3, -0.25) is 4.79 Å². The second kappa shape index (κ2) is 6.11. The molecule has 0 radical (unpaired) electrons. The zero-order valence-corrected chi connectivity index (χ0v) is 14.2. The average Bonchev–Trinajstić information content (AvgIpc) is 3.15. The molecule has 4 rings (SSSR count). The molecule has 2 heterocycles. The van der Waals surface area contributed by atoms with Crippen LogP contribution in [-0.4, -0.2) is 12.2 Å². The van der Waals surface area contributed by atoms with Gasteiger partial charge in [0.1, 0.15) is 28.2 Å². The Morgan fingerprint density at radius 1 is 1.08 bits per heavy atom. The number of ether oxygens (including phenoxy) is 1. The Morgan fingerprint density at radius 2 is 1.88 bits per heavy atom. The third-order valence-electron chi connectivity index (χ3n) is 4.05. The maximum absolute atomic E-state index is 12.7. The van der Waals surface area contributed by atoms with E-state index in [1.165, 1.54) is 24.5 Å². The largest absolute Gasteiger partial charge is 0.506 e. The first-order chi connectivity index (χ1) is 12.2. The predicted octanol–water partition coefficient (Wildman–Crippen LogP) is 4.90. The Bertz CT molecular complexity index is 1100. The third-order valence-corrected chi connectivity index (χ3v) is 4.73. The van der Waals surface area contributed by atoms with Gasteiger partial charge in [-0.15, -0.1) is 0 Å². The van der Waals surface area contributed by atoms with E-state index in [4.69, 9.17) is 9.15 Å². The number of hydrogen-bond acceptors (Lipinski definition) is 5. The first-order valence-electron chi connectivity index (χ1n) is 7.65. The van der Waals surface area contributed by atoms with Crippen molar-refractivity contribution in [3.05, 3.63) is 69.5 Å². The van der Waals surface area contributed by atoms with Crippen molar-refractivity contribution in [1.29, 1.82) is 0 Å². The summed E-state index contributed by atoms with van der Waals surface area (Å²) in [6.45, 7) is 0. The van der Waals surface area contributed by atoms with Crippen molar-refractivity contribution in [3.8, 4) is 33.9 Å². The first kappa shape index (κ1) is 15.5. The van der Waals surface area contributed by atoms with Gasteiger partial charge < -0.3 is 14.3 Å². The molecule has 0 aliphatic heterocycles. The SMILES string of the molecule is COc1cc2oc(-c3ccccc3)cc(=O)c2c(O)c1-c1ccsc1. The minimum atomic E-state index is -0.295. The van der Waals surface area contributed by atoms with Crippen LogP contribution in [0.1, 0.15) is 0 Å². The molecule has 1 N–H and O–H groups in total. The van der Waals surface area contributed by atoms with Gasteiger partial charge in [0, 0.05) is 17.7 Å². The van der Waals surface area contributed by atoms with Gasteiger partial charge in [0.2, 0.25) is 0 Å². The van der Waals surface area contributed by atoms with E-state index >= 15 is 0 Å². The van der Waals surface area contributed by atoms with E-state index < -0.39 is 0 Å².